The van der Waals surface area contributed by atoms with Gasteiger partial charge in [0.05, 0.1) is 25.1 Å². The van der Waals surface area contributed by atoms with Crippen molar-refractivity contribution in [2.75, 3.05) is 68.7 Å². The van der Waals surface area contributed by atoms with Crippen molar-refractivity contribution in [2.45, 2.75) is 116 Å². The van der Waals surface area contributed by atoms with Gasteiger partial charge in [-0.15, -0.1) is 0 Å². The monoisotopic (exact) mass is 737 g/mol. The quantitative estimate of drug-likeness (QED) is 0.194. The number of fused-ring (bicyclic) bond motifs is 1. The number of unbranched alkanes of at least 4 members (excludes halogenated alkanes) is 1. The molecule has 14 heteroatoms. The number of benzene rings is 1. The number of hydrogen-bond acceptors (Lipinski definition) is 11. The van der Waals surface area contributed by atoms with E-state index in [1.165, 1.54) is 0 Å². The number of anilines is 4. The van der Waals surface area contributed by atoms with E-state index in [-0.39, 0.29) is 36.1 Å². The third-order valence-electron chi connectivity index (χ3n) is 10.0. The van der Waals surface area contributed by atoms with Crippen LogP contribution in [-0.2, 0) is 19.0 Å². The van der Waals surface area contributed by atoms with Crippen molar-refractivity contribution in [1.29, 1.82) is 0 Å². The molecule has 2 aromatic rings. The third kappa shape index (κ3) is 10.7. The largest absolute Gasteiger partial charge is 0.495 e. The lowest BCUT2D eigenvalue weighted by molar-refractivity contribution is -0.120. The second kappa shape index (κ2) is 18.7. The number of aromatic nitrogens is 2. The summed E-state index contributed by atoms with van der Waals surface area (Å²) in [5.41, 5.74) is 1.33. The van der Waals surface area contributed by atoms with Crippen molar-refractivity contribution in [3.05, 3.63) is 30.0 Å². The minimum Gasteiger partial charge on any atom is -0.495 e. The van der Waals surface area contributed by atoms with Crippen LogP contribution in [0.5, 0.6) is 5.75 Å². The maximum absolute atomic E-state index is 13.2. The van der Waals surface area contributed by atoms with Crippen LogP contribution in [0, 0.1) is 0 Å². The Balaban J connectivity index is 1.00. The summed E-state index contributed by atoms with van der Waals surface area (Å²) in [4.78, 5) is 53.5. The fourth-order valence-electron chi connectivity index (χ4n) is 7.17. The van der Waals surface area contributed by atoms with Crippen LogP contribution in [0.3, 0.4) is 0 Å². The van der Waals surface area contributed by atoms with E-state index in [1.54, 1.807) is 48.4 Å². The average Bonchev–Trinajstić information content (AvgIpc) is 3.68. The Morgan fingerprint density at radius 3 is 2.42 bits per heavy atom. The van der Waals surface area contributed by atoms with E-state index < -0.39 is 5.60 Å². The second-order valence-corrected chi connectivity index (χ2v) is 15.1. The molecule has 0 spiro atoms. The number of likely N-dealkylation sites (tertiary alicyclic amines) is 1. The highest BCUT2D eigenvalue weighted by Gasteiger charge is 2.41. The van der Waals surface area contributed by atoms with Gasteiger partial charge in [0, 0.05) is 58.1 Å². The molecule has 1 saturated heterocycles. The summed E-state index contributed by atoms with van der Waals surface area (Å²) in [6.45, 7) is 11.3. The Hall–Kier alpha value is -4.17. The highest BCUT2D eigenvalue weighted by molar-refractivity contribution is 6.04. The Morgan fingerprint density at radius 2 is 1.72 bits per heavy atom. The Bertz CT molecular complexity index is 1540. The highest BCUT2D eigenvalue weighted by atomic mass is 16.6. The minimum absolute atomic E-state index is 0.0729. The molecule has 1 aliphatic carbocycles. The van der Waals surface area contributed by atoms with Crippen molar-refractivity contribution in [1.82, 2.24) is 20.2 Å². The zero-order valence-electron chi connectivity index (χ0n) is 32.4. The number of nitrogens with zero attached hydrogens (tertiary/aromatic N) is 5. The molecule has 1 unspecified atom stereocenters. The molecule has 1 aromatic heterocycles. The number of hydrogen-bond donors (Lipinski definition) is 2. The van der Waals surface area contributed by atoms with Gasteiger partial charge in [0.1, 0.15) is 23.1 Å². The van der Waals surface area contributed by atoms with Crippen molar-refractivity contribution < 1.29 is 33.3 Å². The number of amides is 3. The predicted molar refractivity (Wildman–Crippen MR) is 204 cm³/mol. The van der Waals surface area contributed by atoms with Crippen LogP contribution in [0.4, 0.5) is 27.9 Å². The summed E-state index contributed by atoms with van der Waals surface area (Å²) in [7, 11) is 3.35. The number of likely N-dealkylation sites (N-methyl/N-ethyl adjacent to an activating group) is 1. The van der Waals surface area contributed by atoms with E-state index in [1.807, 2.05) is 27.7 Å². The van der Waals surface area contributed by atoms with E-state index in [9.17, 15) is 14.4 Å². The molecule has 53 heavy (non-hydrogen) atoms. The van der Waals surface area contributed by atoms with E-state index in [2.05, 4.69) is 20.5 Å². The first-order chi connectivity index (χ1) is 25.5. The molecular weight excluding hydrogens is 678 g/mol. The van der Waals surface area contributed by atoms with Gasteiger partial charge < -0.3 is 44.3 Å². The minimum atomic E-state index is -0.484. The van der Waals surface area contributed by atoms with Crippen LogP contribution in [0.15, 0.2) is 24.4 Å². The van der Waals surface area contributed by atoms with Crippen LogP contribution in [0.2, 0.25) is 0 Å². The molecule has 0 radical (unpaired) electrons. The topological polar surface area (TPSA) is 148 Å². The predicted octanol–water partition coefficient (Wildman–Crippen LogP) is 6.07. The van der Waals surface area contributed by atoms with Crippen LogP contribution >= 0.6 is 0 Å². The zero-order valence-corrected chi connectivity index (χ0v) is 32.4. The summed E-state index contributed by atoms with van der Waals surface area (Å²) < 4.78 is 22.9. The first kappa shape index (κ1) is 40.0. The van der Waals surface area contributed by atoms with Gasteiger partial charge in [-0.3, -0.25) is 9.59 Å². The van der Waals surface area contributed by atoms with Crippen LogP contribution in [0.25, 0.3) is 0 Å². The summed E-state index contributed by atoms with van der Waals surface area (Å²) in [6.07, 6.45) is 10.9. The molecule has 14 nitrogen and oxygen atoms in total. The van der Waals surface area contributed by atoms with E-state index in [0.29, 0.717) is 80.9 Å². The second-order valence-electron chi connectivity index (χ2n) is 15.1. The maximum atomic E-state index is 13.2. The standard InChI is InChI=1S/C39H59N7O7/c1-7-31-36(48)44(5)32-26-41-37(43-34(32)46(31)28-13-8-9-14-28)42-30-16-15-27(25-33(30)50-6)35(47)40-19-12-23-51-22-10-11-24-52-29-17-20-45(21-18-29)38(49)53-39(2,3)4/h15-16,25-26,28-29,31H,7-14,17-24H2,1-6H3,(H,40,47)(H,41,42,43). The van der Waals surface area contributed by atoms with Crippen molar-refractivity contribution in [3.8, 4) is 5.75 Å². The van der Waals surface area contributed by atoms with Crippen molar-refractivity contribution in [2.24, 2.45) is 0 Å². The van der Waals surface area contributed by atoms with Crippen LogP contribution in [0.1, 0.15) is 102 Å². The number of rotatable bonds is 16. The number of carbonyl (C=O) groups excluding carboxylic acids is 3. The van der Waals surface area contributed by atoms with E-state index in [0.717, 1.165) is 57.2 Å². The number of nitrogens with one attached hydrogen (secondary N) is 2. The van der Waals surface area contributed by atoms with Gasteiger partial charge in [0.15, 0.2) is 5.82 Å². The molecule has 2 N–H and O–H groups in total. The van der Waals surface area contributed by atoms with Gasteiger partial charge in [0.2, 0.25) is 11.9 Å². The molecule has 3 aliphatic rings. The van der Waals surface area contributed by atoms with Gasteiger partial charge >= 0.3 is 6.09 Å². The SMILES string of the molecule is CCC1C(=O)N(C)c2cnc(Nc3ccc(C(=O)NCCCOCCCCOC4CCN(C(=O)OC(C)(C)C)CC4)cc3OC)nc2N1C1CCCC1. The summed E-state index contributed by atoms with van der Waals surface area (Å²) in [6, 6.07) is 5.25. The van der Waals surface area contributed by atoms with Crippen molar-refractivity contribution in [3.63, 3.8) is 0 Å². The zero-order chi connectivity index (χ0) is 38.0. The smallest absolute Gasteiger partial charge is 0.410 e. The molecule has 1 aromatic carbocycles. The molecule has 2 fully saturated rings. The molecule has 3 amide bonds. The molecular formula is C39H59N7O7. The lowest BCUT2D eigenvalue weighted by atomic mass is 10.0. The normalized spacial score (nSPS) is 18.3. The lowest BCUT2D eigenvalue weighted by Gasteiger charge is -2.43. The summed E-state index contributed by atoms with van der Waals surface area (Å²) in [5.74, 6) is 1.53. The number of ether oxygens (including phenoxy) is 4. The number of piperidine rings is 1. The van der Waals surface area contributed by atoms with E-state index >= 15 is 0 Å². The lowest BCUT2D eigenvalue weighted by Crippen LogP contribution is -2.55. The Kier molecular flexibility index (Phi) is 14.1. The molecule has 0 bridgehead atoms. The Morgan fingerprint density at radius 1 is 1.00 bits per heavy atom. The first-order valence-electron chi connectivity index (χ1n) is 19.3. The highest BCUT2D eigenvalue weighted by Crippen LogP contribution is 2.40. The fraction of sp³-hybridized carbons (Fsp3) is 0.667. The molecule has 1 atom stereocenters. The molecule has 292 valence electrons. The van der Waals surface area contributed by atoms with Gasteiger partial charge in [0.25, 0.3) is 5.91 Å². The third-order valence-corrected chi connectivity index (χ3v) is 10.0. The van der Waals surface area contributed by atoms with Crippen molar-refractivity contribution >= 4 is 41.0 Å². The number of carbonyl (C=O) groups is 3. The Labute approximate surface area is 314 Å². The fourth-order valence-corrected chi connectivity index (χ4v) is 7.17. The molecule has 3 heterocycles. The van der Waals surface area contributed by atoms with Crippen LogP contribution < -0.4 is 25.2 Å². The van der Waals surface area contributed by atoms with Gasteiger partial charge in [-0.1, -0.05) is 19.8 Å². The van der Waals surface area contributed by atoms with E-state index in [4.69, 9.17) is 23.9 Å². The number of methoxy groups -OCH3 is 1. The maximum Gasteiger partial charge on any atom is 0.410 e. The summed E-state index contributed by atoms with van der Waals surface area (Å²) in [5, 5.41) is 6.23. The van der Waals surface area contributed by atoms with Gasteiger partial charge in [-0.25, -0.2) is 9.78 Å². The summed E-state index contributed by atoms with van der Waals surface area (Å²) >= 11 is 0. The van der Waals surface area contributed by atoms with Gasteiger partial charge in [-0.2, -0.15) is 4.98 Å². The first-order valence-corrected chi connectivity index (χ1v) is 19.3. The molecule has 2 aliphatic heterocycles. The average molecular weight is 738 g/mol. The molecule has 5 rings (SSSR count). The molecule has 1 saturated carbocycles. The van der Waals surface area contributed by atoms with Crippen LogP contribution in [-0.4, -0.2) is 110 Å². The van der Waals surface area contributed by atoms with Gasteiger partial charge in [-0.05, 0) is 90.3 Å².